The molecule has 0 bridgehead atoms. The van der Waals surface area contributed by atoms with Gasteiger partial charge in [-0.25, -0.2) is 9.97 Å². The van der Waals surface area contributed by atoms with Gasteiger partial charge >= 0.3 is 0 Å². The smallest absolute Gasteiger partial charge is 0.253 e. The number of carbonyl (C=O) groups excluding carboxylic acids is 1. The van der Waals surface area contributed by atoms with Gasteiger partial charge in [-0.2, -0.15) is 5.10 Å². The van der Waals surface area contributed by atoms with E-state index >= 15 is 0 Å². The van der Waals surface area contributed by atoms with E-state index in [1.807, 2.05) is 26.0 Å². The number of hydrogen-bond acceptors (Lipinski definition) is 5. The van der Waals surface area contributed by atoms with Crippen LogP contribution >= 0.6 is 0 Å². The Kier molecular flexibility index (Phi) is 3.05. The number of amides is 1. The van der Waals surface area contributed by atoms with Crippen molar-refractivity contribution in [2.24, 2.45) is 5.73 Å². The van der Waals surface area contributed by atoms with Gasteiger partial charge in [0.15, 0.2) is 5.65 Å². The fraction of sp³-hybridized carbons (Fsp3) is 0.176. The molecule has 5 N–H and O–H groups in total. The number of fused-ring (bicyclic) bond motifs is 2. The van der Waals surface area contributed by atoms with E-state index in [0.717, 1.165) is 27.8 Å². The first-order chi connectivity index (χ1) is 11.9. The van der Waals surface area contributed by atoms with Crippen molar-refractivity contribution in [3.8, 4) is 5.69 Å². The highest BCUT2D eigenvalue weighted by Gasteiger charge is 2.24. The molecule has 8 heteroatoms. The zero-order valence-electron chi connectivity index (χ0n) is 14.1. The number of anilines is 1. The first-order valence-electron chi connectivity index (χ1n) is 7.78. The summed E-state index contributed by atoms with van der Waals surface area (Å²) in [5.74, 6) is 0.220. The lowest BCUT2D eigenvalue weighted by Gasteiger charge is -2.13. The summed E-state index contributed by atoms with van der Waals surface area (Å²) >= 11 is 0. The quantitative estimate of drug-likeness (QED) is 0.515. The molecule has 0 saturated heterocycles. The average molecular weight is 335 g/mol. The van der Waals surface area contributed by atoms with Crippen molar-refractivity contribution in [1.82, 2.24) is 24.7 Å². The Morgan fingerprint density at radius 2 is 2.00 bits per heavy atom. The number of nitrogens with zero attached hydrogens (tertiary/aromatic N) is 4. The lowest BCUT2D eigenvalue weighted by molar-refractivity contribution is 0.100. The molecule has 0 fully saturated rings. The van der Waals surface area contributed by atoms with Crippen LogP contribution < -0.4 is 11.5 Å². The van der Waals surface area contributed by atoms with Crippen LogP contribution in [0.3, 0.4) is 0 Å². The number of primary amides is 1. The number of aryl methyl sites for hydroxylation is 3. The molecule has 0 spiro atoms. The number of rotatable bonds is 2. The van der Waals surface area contributed by atoms with Crippen LogP contribution in [0.4, 0.5) is 5.82 Å². The molecule has 3 aromatic heterocycles. The lowest BCUT2D eigenvalue weighted by atomic mass is 10.1. The Bertz CT molecular complexity index is 1170. The van der Waals surface area contributed by atoms with Crippen LogP contribution in [0.15, 0.2) is 18.3 Å². The molecule has 8 nitrogen and oxygen atoms in total. The van der Waals surface area contributed by atoms with E-state index in [1.165, 1.54) is 0 Å². The molecule has 0 radical (unpaired) electrons. The van der Waals surface area contributed by atoms with Gasteiger partial charge in [0.2, 0.25) is 0 Å². The standard InChI is InChI=1S/C17H17N7O/c1-7-4-5-11-12(8(2)22-23-11)14(7)24-15(18)13(16(19)25)10-6-20-9(3)21-17(10)24/h4-6H,18H2,1-3H3,(H2,19,25)(H,22,23). The van der Waals surface area contributed by atoms with Crippen molar-refractivity contribution < 1.29 is 4.79 Å². The number of hydrogen-bond donors (Lipinski definition) is 3. The van der Waals surface area contributed by atoms with Gasteiger partial charge < -0.3 is 11.5 Å². The summed E-state index contributed by atoms with van der Waals surface area (Å²) in [4.78, 5) is 20.7. The van der Waals surface area contributed by atoms with E-state index < -0.39 is 5.91 Å². The highest BCUT2D eigenvalue weighted by molar-refractivity contribution is 6.11. The van der Waals surface area contributed by atoms with Crippen LogP contribution in [-0.4, -0.2) is 30.6 Å². The molecular formula is C17H17N7O. The maximum Gasteiger partial charge on any atom is 0.253 e. The number of nitrogens with one attached hydrogen (secondary N) is 1. The predicted octanol–water partition coefficient (Wildman–Crippen LogP) is 1.90. The Labute approximate surface area is 142 Å². The first-order valence-corrected chi connectivity index (χ1v) is 7.78. The molecule has 0 aliphatic carbocycles. The maximum absolute atomic E-state index is 12.0. The summed E-state index contributed by atoms with van der Waals surface area (Å²) in [5, 5.41) is 8.77. The fourth-order valence-electron chi connectivity index (χ4n) is 3.29. The zero-order valence-corrected chi connectivity index (χ0v) is 14.1. The van der Waals surface area contributed by atoms with E-state index in [2.05, 4.69) is 20.2 Å². The number of nitrogens with two attached hydrogens (primary N) is 2. The van der Waals surface area contributed by atoms with Crippen LogP contribution in [0.25, 0.3) is 27.6 Å². The third kappa shape index (κ3) is 2.00. The van der Waals surface area contributed by atoms with Crippen molar-refractivity contribution >= 4 is 33.7 Å². The van der Waals surface area contributed by atoms with Crippen LogP contribution in [0.1, 0.15) is 27.4 Å². The predicted molar refractivity (Wildman–Crippen MR) is 95.7 cm³/mol. The Morgan fingerprint density at radius 3 is 2.72 bits per heavy atom. The molecular weight excluding hydrogens is 318 g/mol. The zero-order chi connectivity index (χ0) is 17.9. The summed E-state index contributed by atoms with van der Waals surface area (Å²) in [7, 11) is 0. The third-order valence-corrected chi connectivity index (χ3v) is 4.41. The van der Waals surface area contributed by atoms with E-state index in [1.54, 1.807) is 17.7 Å². The minimum Gasteiger partial charge on any atom is -0.384 e. The lowest BCUT2D eigenvalue weighted by Crippen LogP contribution is -2.14. The highest BCUT2D eigenvalue weighted by Crippen LogP contribution is 2.35. The second-order valence-electron chi connectivity index (χ2n) is 6.09. The fourth-order valence-corrected chi connectivity index (χ4v) is 3.29. The van der Waals surface area contributed by atoms with Gasteiger partial charge in [0.25, 0.3) is 5.91 Å². The normalized spacial score (nSPS) is 11.5. The molecule has 3 heterocycles. The highest BCUT2D eigenvalue weighted by atomic mass is 16.1. The molecule has 1 amide bonds. The van der Waals surface area contributed by atoms with Gasteiger partial charge in [0.05, 0.1) is 22.2 Å². The number of benzene rings is 1. The first kappa shape index (κ1) is 15.1. The van der Waals surface area contributed by atoms with Crippen LogP contribution in [0, 0.1) is 20.8 Å². The van der Waals surface area contributed by atoms with Crippen LogP contribution in [0.5, 0.6) is 0 Å². The number of aromatic nitrogens is 5. The van der Waals surface area contributed by atoms with E-state index in [0.29, 0.717) is 16.9 Å². The number of aromatic amines is 1. The third-order valence-electron chi connectivity index (χ3n) is 4.41. The molecule has 0 aliphatic rings. The minimum atomic E-state index is -0.609. The second kappa shape index (κ2) is 5.04. The largest absolute Gasteiger partial charge is 0.384 e. The summed E-state index contributed by atoms with van der Waals surface area (Å²) in [6, 6.07) is 3.90. The number of nitrogen functional groups attached to an aromatic ring is 1. The van der Waals surface area contributed by atoms with Crippen molar-refractivity contribution in [1.29, 1.82) is 0 Å². The number of carbonyl (C=O) groups is 1. The van der Waals surface area contributed by atoms with Crippen molar-refractivity contribution in [3.63, 3.8) is 0 Å². The van der Waals surface area contributed by atoms with Crippen LogP contribution in [-0.2, 0) is 0 Å². The molecule has 25 heavy (non-hydrogen) atoms. The topological polar surface area (TPSA) is 128 Å². The van der Waals surface area contributed by atoms with Gasteiger partial charge in [-0.05, 0) is 32.4 Å². The van der Waals surface area contributed by atoms with Crippen molar-refractivity contribution in [2.75, 3.05) is 5.73 Å². The van der Waals surface area contributed by atoms with Crippen molar-refractivity contribution in [2.45, 2.75) is 20.8 Å². The van der Waals surface area contributed by atoms with Gasteiger partial charge in [-0.15, -0.1) is 0 Å². The SMILES string of the molecule is Cc1ncc2c(C(N)=O)c(N)n(-c3c(C)ccc4n[nH]c(C)c34)c2n1. The summed E-state index contributed by atoms with van der Waals surface area (Å²) in [6.07, 6.45) is 1.59. The van der Waals surface area contributed by atoms with Crippen molar-refractivity contribution in [3.05, 3.63) is 41.0 Å². The molecule has 1 aromatic carbocycles. The molecule has 0 unspecified atom stereocenters. The van der Waals surface area contributed by atoms with Gasteiger partial charge in [0, 0.05) is 17.3 Å². The summed E-state index contributed by atoms with van der Waals surface area (Å²) in [5.41, 5.74) is 16.2. The molecule has 4 rings (SSSR count). The minimum absolute atomic E-state index is 0.229. The molecule has 0 aliphatic heterocycles. The van der Waals surface area contributed by atoms with E-state index in [9.17, 15) is 4.79 Å². The Morgan fingerprint density at radius 1 is 1.24 bits per heavy atom. The second-order valence-corrected chi connectivity index (χ2v) is 6.09. The Hall–Kier alpha value is -3.42. The van der Waals surface area contributed by atoms with Gasteiger partial charge in [-0.1, -0.05) is 6.07 Å². The molecule has 126 valence electrons. The average Bonchev–Trinajstić information content (AvgIpc) is 3.06. The Balaban J connectivity index is 2.25. The molecule has 4 aromatic rings. The summed E-state index contributed by atoms with van der Waals surface area (Å²) < 4.78 is 1.77. The van der Waals surface area contributed by atoms with Gasteiger partial charge in [-0.3, -0.25) is 14.5 Å². The number of H-pyrrole nitrogens is 1. The van der Waals surface area contributed by atoms with Gasteiger partial charge in [0.1, 0.15) is 11.6 Å². The monoisotopic (exact) mass is 335 g/mol. The van der Waals surface area contributed by atoms with Crippen LogP contribution in [0.2, 0.25) is 0 Å². The summed E-state index contributed by atoms with van der Waals surface area (Å²) in [6.45, 7) is 5.70. The van der Waals surface area contributed by atoms with E-state index in [4.69, 9.17) is 11.5 Å². The maximum atomic E-state index is 12.0. The molecule has 0 atom stereocenters. The molecule has 0 saturated carbocycles. The van der Waals surface area contributed by atoms with E-state index in [-0.39, 0.29) is 11.4 Å².